The van der Waals surface area contributed by atoms with Crippen LogP contribution in [-0.4, -0.2) is 50.6 Å². The lowest BCUT2D eigenvalue weighted by atomic mass is 10.1. The van der Waals surface area contributed by atoms with Crippen LogP contribution >= 0.6 is 0 Å². The second-order valence-electron chi connectivity index (χ2n) is 4.86. The third-order valence-electron chi connectivity index (χ3n) is 3.67. The molecule has 2 heterocycles. The lowest BCUT2D eigenvalue weighted by Crippen LogP contribution is -2.52. The van der Waals surface area contributed by atoms with Gasteiger partial charge in [-0.15, -0.1) is 0 Å². The minimum atomic E-state index is 0.204. The predicted molar refractivity (Wildman–Crippen MR) is 73.1 cm³/mol. The second kappa shape index (κ2) is 5.67. The van der Waals surface area contributed by atoms with E-state index >= 15 is 0 Å². The standard InChI is InChI=1S/C14H20N2O3/c17-7-4-11-10-15-5-6-16(11)12-2-1-3-13-14(12)19-9-8-18-13/h1-3,11,15,17H,4-10H2. The Labute approximate surface area is 113 Å². The van der Waals surface area contributed by atoms with Crippen molar-refractivity contribution in [3.8, 4) is 11.5 Å². The molecule has 1 atom stereocenters. The molecule has 1 fully saturated rings. The summed E-state index contributed by atoms with van der Waals surface area (Å²) in [6.07, 6.45) is 0.761. The summed E-state index contributed by atoms with van der Waals surface area (Å²) in [5.41, 5.74) is 1.08. The molecule has 5 nitrogen and oxygen atoms in total. The van der Waals surface area contributed by atoms with Crippen molar-refractivity contribution < 1.29 is 14.6 Å². The molecular weight excluding hydrogens is 244 g/mol. The maximum absolute atomic E-state index is 9.21. The molecule has 1 saturated heterocycles. The fraction of sp³-hybridized carbons (Fsp3) is 0.571. The average molecular weight is 264 g/mol. The smallest absolute Gasteiger partial charge is 0.184 e. The zero-order valence-corrected chi connectivity index (χ0v) is 11.0. The molecule has 1 aromatic rings. The lowest BCUT2D eigenvalue weighted by Gasteiger charge is -2.39. The number of aliphatic hydroxyl groups excluding tert-OH is 1. The Bertz CT molecular complexity index is 437. The first-order valence-electron chi connectivity index (χ1n) is 6.87. The van der Waals surface area contributed by atoms with Crippen molar-refractivity contribution in [2.24, 2.45) is 0 Å². The molecule has 0 bridgehead atoms. The quantitative estimate of drug-likeness (QED) is 0.838. The number of rotatable bonds is 3. The van der Waals surface area contributed by atoms with Crippen molar-refractivity contribution in [3.63, 3.8) is 0 Å². The summed E-state index contributed by atoms with van der Waals surface area (Å²) >= 11 is 0. The highest BCUT2D eigenvalue weighted by molar-refractivity contribution is 5.66. The van der Waals surface area contributed by atoms with Gasteiger partial charge >= 0.3 is 0 Å². The fourth-order valence-electron chi connectivity index (χ4n) is 2.77. The van der Waals surface area contributed by atoms with Crippen LogP contribution in [0.2, 0.25) is 0 Å². The number of fused-ring (bicyclic) bond motifs is 1. The number of hydrogen-bond donors (Lipinski definition) is 2. The van der Waals surface area contributed by atoms with Gasteiger partial charge < -0.3 is 24.8 Å². The van der Waals surface area contributed by atoms with Crippen LogP contribution in [0, 0.1) is 0 Å². The minimum absolute atomic E-state index is 0.204. The molecule has 0 amide bonds. The van der Waals surface area contributed by atoms with Crippen molar-refractivity contribution in [1.29, 1.82) is 0 Å². The van der Waals surface area contributed by atoms with E-state index in [4.69, 9.17) is 9.47 Å². The van der Waals surface area contributed by atoms with Gasteiger partial charge in [0.15, 0.2) is 11.5 Å². The summed E-state index contributed by atoms with van der Waals surface area (Å²) in [4.78, 5) is 2.32. The van der Waals surface area contributed by atoms with Crippen LogP contribution in [0.15, 0.2) is 18.2 Å². The topological polar surface area (TPSA) is 54.0 Å². The first kappa shape index (κ1) is 12.6. The Morgan fingerprint density at radius 3 is 3.11 bits per heavy atom. The van der Waals surface area contributed by atoms with Crippen LogP contribution in [0.4, 0.5) is 5.69 Å². The SMILES string of the molecule is OCCC1CNCCN1c1cccc2c1OCCO2. The Kier molecular flexibility index (Phi) is 3.75. The molecule has 0 aliphatic carbocycles. The van der Waals surface area contributed by atoms with Gasteiger partial charge in [0.2, 0.25) is 0 Å². The van der Waals surface area contributed by atoms with Gasteiger partial charge in [-0.25, -0.2) is 0 Å². The molecule has 5 heteroatoms. The predicted octanol–water partition coefficient (Wildman–Crippen LogP) is 0.618. The summed E-state index contributed by atoms with van der Waals surface area (Å²) in [7, 11) is 0. The molecule has 104 valence electrons. The van der Waals surface area contributed by atoms with Gasteiger partial charge in [-0.1, -0.05) is 6.07 Å². The maximum Gasteiger partial charge on any atom is 0.184 e. The van der Waals surface area contributed by atoms with Crippen molar-refractivity contribution >= 4 is 5.69 Å². The molecule has 1 unspecified atom stereocenters. The summed E-state index contributed by atoms with van der Waals surface area (Å²) in [5, 5.41) is 12.6. The van der Waals surface area contributed by atoms with Gasteiger partial charge in [-0.2, -0.15) is 0 Å². The highest BCUT2D eigenvalue weighted by atomic mass is 16.6. The second-order valence-corrected chi connectivity index (χ2v) is 4.86. The molecule has 2 aliphatic heterocycles. The molecule has 19 heavy (non-hydrogen) atoms. The van der Waals surface area contributed by atoms with Gasteiger partial charge in [0.05, 0.1) is 5.69 Å². The molecule has 0 spiro atoms. The number of anilines is 1. The highest BCUT2D eigenvalue weighted by Gasteiger charge is 2.26. The number of hydrogen-bond acceptors (Lipinski definition) is 5. The van der Waals surface area contributed by atoms with Crippen molar-refractivity contribution in [1.82, 2.24) is 5.32 Å². The maximum atomic E-state index is 9.21. The number of para-hydroxylation sites is 1. The zero-order chi connectivity index (χ0) is 13.1. The molecule has 1 aromatic carbocycles. The van der Waals surface area contributed by atoms with E-state index in [2.05, 4.69) is 16.3 Å². The number of ether oxygens (including phenoxy) is 2. The first-order chi connectivity index (χ1) is 9.40. The van der Waals surface area contributed by atoms with E-state index < -0.39 is 0 Å². The molecule has 2 aliphatic rings. The minimum Gasteiger partial charge on any atom is -0.486 e. The van der Waals surface area contributed by atoms with Crippen LogP contribution < -0.4 is 19.7 Å². The Morgan fingerprint density at radius 2 is 2.21 bits per heavy atom. The molecule has 0 aromatic heterocycles. The van der Waals surface area contributed by atoms with E-state index in [1.54, 1.807) is 0 Å². The molecule has 0 saturated carbocycles. The van der Waals surface area contributed by atoms with Crippen molar-refractivity contribution in [3.05, 3.63) is 18.2 Å². The van der Waals surface area contributed by atoms with Crippen molar-refractivity contribution in [2.45, 2.75) is 12.5 Å². The number of benzene rings is 1. The summed E-state index contributed by atoms with van der Waals surface area (Å²) in [6, 6.07) is 6.32. The van der Waals surface area contributed by atoms with Gasteiger partial charge in [-0.05, 0) is 18.6 Å². The van der Waals surface area contributed by atoms with E-state index in [1.165, 1.54) is 0 Å². The summed E-state index contributed by atoms with van der Waals surface area (Å²) in [6.45, 7) is 4.18. The molecule has 3 rings (SSSR count). The van der Waals surface area contributed by atoms with Crippen molar-refractivity contribution in [2.75, 3.05) is 44.4 Å². The lowest BCUT2D eigenvalue weighted by molar-refractivity contribution is 0.171. The highest BCUT2D eigenvalue weighted by Crippen LogP contribution is 2.40. The Morgan fingerprint density at radius 1 is 1.32 bits per heavy atom. The molecular formula is C14H20N2O3. The van der Waals surface area contributed by atoms with E-state index in [0.717, 1.165) is 43.2 Å². The third kappa shape index (κ3) is 2.48. The molecule has 0 radical (unpaired) electrons. The van der Waals surface area contributed by atoms with Crippen LogP contribution in [0.1, 0.15) is 6.42 Å². The largest absolute Gasteiger partial charge is 0.486 e. The number of piperazine rings is 1. The van der Waals surface area contributed by atoms with E-state index in [1.807, 2.05) is 12.1 Å². The van der Waals surface area contributed by atoms with Gasteiger partial charge in [-0.3, -0.25) is 0 Å². The summed E-state index contributed by atoms with van der Waals surface area (Å²) < 4.78 is 11.4. The number of nitrogens with zero attached hydrogens (tertiary/aromatic N) is 1. The third-order valence-corrected chi connectivity index (χ3v) is 3.67. The Hall–Kier alpha value is -1.46. The van der Waals surface area contributed by atoms with Gasteiger partial charge in [0.25, 0.3) is 0 Å². The van der Waals surface area contributed by atoms with Gasteiger partial charge in [0, 0.05) is 32.3 Å². The molecule has 2 N–H and O–H groups in total. The van der Waals surface area contributed by atoms with Crippen LogP contribution in [0.5, 0.6) is 11.5 Å². The summed E-state index contributed by atoms with van der Waals surface area (Å²) in [5.74, 6) is 1.67. The van der Waals surface area contributed by atoms with Crippen LogP contribution in [0.25, 0.3) is 0 Å². The van der Waals surface area contributed by atoms with Crippen LogP contribution in [0.3, 0.4) is 0 Å². The number of aliphatic hydroxyl groups is 1. The van der Waals surface area contributed by atoms with E-state index in [0.29, 0.717) is 19.3 Å². The zero-order valence-electron chi connectivity index (χ0n) is 11.0. The van der Waals surface area contributed by atoms with Gasteiger partial charge in [0.1, 0.15) is 13.2 Å². The normalized spacial score (nSPS) is 22.4. The monoisotopic (exact) mass is 264 g/mol. The van der Waals surface area contributed by atoms with E-state index in [-0.39, 0.29) is 6.61 Å². The average Bonchev–Trinajstić information content (AvgIpc) is 2.48. The van der Waals surface area contributed by atoms with E-state index in [9.17, 15) is 5.11 Å². The van der Waals surface area contributed by atoms with Crippen LogP contribution in [-0.2, 0) is 0 Å². The number of nitrogens with one attached hydrogen (secondary N) is 1. The fourth-order valence-corrected chi connectivity index (χ4v) is 2.77. The first-order valence-corrected chi connectivity index (χ1v) is 6.87. The Balaban J connectivity index is 1.91.